The molecule has 2 aromatic heterocycles. The molecule has 0 amide bonds. The summed E-state index contributed by atoms with van der Waals surface area (Å²) in [6.07, 6.45) is -4.55. The van der Waals surface area contributed by atoms with E-state index < -0.39 is 12.0 Å². The Morgan fingerprint density at radius 3 is 2.76 bits per heavy atom. The summed E-state index contributed by atoms with van der Waals surface area (Å²) < 4.78 is 49.2. The SMILES string of the molecule is COc1cccc(-c2noc(CSc3nnc(C(F)(F)F)n3C)n2)c1. The van der Waals surface area contributed by atoms with Crippen molar-refractivity contribution in [2.24, 2.45) is 7.05 Å². The highest BCUT2D eigenvalue weighted by atomic mass is 32.2. The Kier molecular flexibility index (Phi) is 4.66. The number of thioether (sulfide) groups is 1. The summed E-state index contributed by atoms with van der Waals surface area (Å²) in [5.41, 5.74) is 0.706. The number of rotatable bonds is 5. The van der Waals surface area contributed by atoms with E-state index in [0.29, 0.717) is 17.1 Å². The van der Waals surface area contributed by atoms with Crippen LogP contribution in [0.1, 0.15) is 11.7 Å². The first-order valence-electron chi connectivity index (χ1n) is 6.95. The van der Waals surface area contributed by atoms with E-state index >= 15 is 0 Å². The minimum Gasteiger partial charge on any atom is -0.497 e. The van der Waals surface area contributed by atoms with Crippen LogP contribution in [0, 0.1) is 0 Å². The van der Waals surface area contributed by atoms with Crippen LogP contribution in [0.15, 0.2) is 33.9 Å². The molecule has 0 spiro atoms. The van der Waals surface area contributed by atoms with Gasteiger partial charge in [-0.1, -0.05) is 29.1 Å². The summed E-state index contributed by atoms with van der Waals surface area (Å²) in [4.78, 5) is 4.22. The molecule has 7 nitrogen and oxygen atoms in total. The number of ether oxygens (including phenoxy) is 1. The second-order valence-electron chi connectivity index (χ2n) is 4.90. The minimum absolute atomic E-state index is 0.105. The van der Waals surface area contributed by atoms with Gasteiger partial charge in [-0.2, -0.15) is 18.2 Å². The molecular weight excluding hydrogens is 359 g/mol. The molecule has 2 heterocycles. The smallest absolute Gasteiger partial charge is 0.451 e. The molecule has 0 N–H and O–H groups in total. The van der Waals surface area contributed by atoms with Gasteiger partial charge in [-0.25, -0.2) is 0 Å². The third kappa shape index (κ3) is 3.76. The molecule has 0 aliphatic rings. The van der Waals surface area contributed by atoms with E-state index in [2.05, 4.69) is 20.3 Å². The highest BCUT2D eigenvalue weighted by molar-refractivity contribution is 7.98. The number of hydrogen-bond acceptors (Lipinski definition) is 7. The van der Waals surface area contributed by atoms with Crippen LogP contribution in [0.3, 0.4) is 0 Å². The monoisotopic (exact) mass is 371 g/mol. The van der Waals surface area contributed by atoms with E-state index in [1.54, 1.807) is 31.4 Å². The summed E-state index contributed by atoms with van der Waals surface area (Å²) in [5, 5.41) is 10.7. The van der Waals surface area contributed by atoms with E-state index in [1.807, 2.05) is 0 Å². The molecule has 3 rings (SSSR count). The highest BCUT2D eigenvalue weighted by Gasteiger charge is 2.37. The maximum absolute atomic E-state index is 12.7. The van der Waals surface area contributed by atoms with Gasteiger partial charge in [-0.05, 0) is 12.1 Å². The van der Waals surface area contributed by atoms with Gasteiger partial charge in [0.25, 0.3) is 0 Å². The Labute approximate surface area is 144 Å². The van der Waals surface area contributed by atoms with E-state index in [9.17, 15) is 13.2 Å². The fraction of sp³-hybridized carbons (Fsp3) is 0.286. The van der Waals surface area contributed by atoms with Gasteiger partial charge in [0.1, 0.15) is 5.75 Å². The number of nitrogens with zero attached hydrogens (tertiary/aromatic N) is 5. The lowest BCUT2D eigenvalue weighted by molar-refractivity contribution is -0.147. The molecule has 1 aromatic carbocycles. The zero-order valence-electron chi connectivity index (χ0n) is 13.1. The summed E-state index contributed by atoms with van der Waals surface area (Å²) in [6, 6.07) is 7.12. The van der Waals surface area contributed by atoms with E-state index in [4.69, 9.17) is 9.26 Å². The van der Waals surface area contributed by atoms with Crippen molar-refractivity contribution in [2.75, 3.05) is 7.11 Å². The molecule has 0 unspecified atom stereocenters. The second kappa shape index (κ2) is 6.75. The lowest BCUT2D eigenvalue weighted by Crippen LogP contribution is -2.12. The van der Waals surface area contributed by atoms with Crippen molar-refractivity contribution in [3.63, 3.8) is 0 Å². The molecule has 0 saturated carbocycles. The van der Waals surface area contributed by atoms with Crippen LogP contribution in [0.25, 0.3) is 11.4 Å². The zero-order valence-corrected chi connectivity index (χ0v) is 13.9. The van der Waals surface area contributed by atoms with Crippen molar-refractivity contribution in [1.29, 1.82) is 0 Å². The Hall–Kier alpha value is -2.56. The maximum atomic E-state index is 12.7. The summed E-state index contributed by atoms with van der Waals surface area (Å²) in [6.45, 7) is 0. The predicted molar refractivity (Wildman–Crippen MR) is 81.9 cm³/mol. The minimum atomic E-state index is -4.55. The third-order valence-corrected chi connectivity index (χ3v) is 4.21. The van der Waals surface area contributed by atoms with Crippen molar-refractivity contribution in [1.82, 2.24) is 24.9 Å². The summed E-state index contributed by atoms with van der Waals surface area (Å²) in [7, 11) is 2.80. The second-order valence-corrected chi connectivity index (χ2v) is 5.84. The van der Waals surface area contributed by atoms with Crippen LogP contribution < -0.4 is 4.74 Å². The largest absolute Gasteiger partial charge is 0.497 e. The fourth-order valence-corrected chi connectivity index (χ4v) is 2.76. The van der Waals surface area contributed by atoms with Crippen LogP contribution in [-0.4, -0.2) is 32.0 Å². The Balaban J connectivity index is 1.71. The fourth-order valence-electron chi connectivity index (χ4n) is 2.01. The van der Waals surface area contributed by atoms with Crippen molar-refractivity contribution >= 4 is 11.8 Å². The van der Waals surface area contributed by atoms with E-state index in [1.165, 1.54) is 7.05 Å². The molecule has 11 heteroatoms. The van der Waals surface area contributed by atoms with Crippen LogP contribution in [-0.2, 0) is 19.0 Å². The topological polar surface area (TPSA) is 78.9 Å². The first-order valence-corrected chi connectivity index (χ1v) is 7.93. The molecule has 25 heavy (non-hydrogen) atoms. The Morgan fingerprint density at radius 1 is 1.28 bits per heavy atom. The van der Waals surface area contributed by atoms with Crippen LogP contribution >= 0.6 is 11.8 Å². The normalized spacial score (nSPS) is 11.7. The number of hydrogen-bond donors (Lipinski definition) is 0. The molecule has 0 saturated heterocycles. The lowest BCUT2D eigenvalue weighted by atomic mass is 10.2. The van der Waals surface area contributed by atoms with Crippen molar-refractivity contribution < 1.29 is 22.4 Å². The Morgan fingerprint density at radius 2 is 2.08 bits per heavy atom. The zero-order chi connectivity index (χ0) is 18.0. The van der Waals surface area contributed by atoms with Crippen molar-refractivity contribution in [3.05, 3.63) is 36.0 Å². The van der Waals surface area contributed by atoms with E-state index in [-0.39, 0.29) is 16.8 Å². The van der Waals surface area contributed by atoms with Gasteiger partial charge in [-0.15, -0.1) is 10.2 Å². The molecule has 0 atom stereocenters. The number of aromatic nitrogens is 5. The van der Waals surface area contributed by atoms with Gasteiger partial charge < -0.3 is 13.8 Å². The maximum Gasteiger partial charge on any atom is 0.451 e. The average Bonchev–Trinajstić information content (AvgIpc) is 3.19. The quantitative estimate of drug-likeness (QED) is 0.637. The molecular formula is C14H12F3N5O2S. The van der Waals surface area contributed by atoms with Crippen LogP contribution in [0.2, 0.25) is 0 Å². The first-order chi connectivity index (χ1) is 11.9. The van der Waals surface area contributed by atoms with Crippen LogP contribution in [0.4, 0.5) is 13.2 Å². The summed E-state index contributed by atoms with van der Waals surface area (Å²) in [5.74, 6) is 0.387. The molecule has 0 aliphatic carbocycles. The van der Waals surface area contributed by atoms with Crippen molar-refractivity contribution in [2.45, 2.75) is 17.1 Å². The van der Waals surface area contributed by atoms with Gasteiger partial charge in [0.15, 0.2) is 5.16 Å². The standard InChI is InChI=1S/C14H12F3N5O2S/c1-22-12(14(15,16)17)19-20-13(22)25-7-10-18-11(21-24-10)8-4-3-5-9(6-8)23-2/h3-6H,7H2,1-2H3. The van der Waals surface area contributed by atoms with E-state index in [0.717, 1.165) is 16.3 Å². The molecule has 3 aromatic rings. The predicted octanol–water partition coefficient (Wildman–Crippen LogP) is 3.18. The van der Waals surface area contributed by atoms with Gasteiger partial charge in [-0.3, -0.25) is 0 Å². The number of alkyl halides is 3. The van der Waals surface area contributed by atoms with Gasteiger partial charge in [0.05, 0.1) is 12.9 Å². The van der Waals surface area contributed by atoms with Gasteiger partial charge in [0.2, 0.25) is 17.5 Å². The highest BCUT2D eigenvalue weighted by Crippen LogP contribution is 2.30. The van der Waals surface area contributed by atoms with Crippen LogP contribution in [0.5, 0.6) is 5.75 Å². The third-order valence-electron chi connectivity index (χ3n) is 3.21. The Bertz CT molecular complexity index is 877. The molecule has 0 radical (unpaired) electrons. The number of benzene rings is 1. The molecule has 0 bridgehead atoms. The number of methoxy groups -OCH3 is 1. The van der Waals surface area contributed by atoms with Gasteiger partial charge >= 0.3 is 6.18 Å². The van der Waals surface area contributed by atoms with Gasteiger partial charge in [0, 0.05) is 12.6 Å². The molecule has 0 fully saturated rings. The number of halogens is 3. The summed E-state index contributed by atoms with van der Waals surface area (Å²) >= 11 is 1.02. The van der Waals surface area contributed by atoms with Crippen molar-refractivity contribution in [3.8, 4) is 17.1 Å². The molecule has 0 aliphatic heterocycles. The first kappa shape index (κ1) is 17.3. The molecule has 132 valence electrons. The lowest BCUT2D eigenvalue weighted by Gasteiger charge is -2.05. The average molecular weight is 371 g/mol.